The molecule has 2 atom stereocenters. The predicted molar refractivity (Wildman–Crippen MR) is 55.1 cm³/mol. The molecular formula is C10H20N2O2. The van der Waals surface area contributed by atoms with E-state index in [1.54, 1.807) is 0 Å². The molecule has 1 heterocycles. The van der Waals surface area contributed by atoms with Gasteiger partial charge in [0.15, 0.2) is 0 Å². The molecule has 0 aliphatic carbocycles. The van der Waals surface area contributed by atoms with E-state index in [1.807, 2.05) is 6.92 Å². The Bertz CT molecular complexity index is 177. The number of esters is 1. The van der Waals surface area contributed by atoms with Gasteiger partial charge in [-0.2, -0.15) is 0 Å². The summed E-state index contributed by atoms with van der Waals surface area (Å²) in [5.74, 6) is -0.179. The van der Waals surface area contributed by atoms with Crippen molar-refractivity contribution in [2.24, 2.45) is 0 Å². The van der Waals surface area contributed by atoms with E-state index in [0.29, 0.717) is 6.04 Å². The van der Waals surface area contributed by atoms with Gasteiger partial charge in [-0.05, 0) is 39.3 Å². The van der Waals surface area contributed by atoms with Gasteiger partial charge in [0.05, 0.1) is 7.11 Å². The molecule has 2 N–H and O–H groups in total. The molecule has 4 nitrogen and oxygen atoms in total. The molecule has 0 saturated carbocycles. The molecule has 0 bridgehead atoms. The van der Waals surface area contributed by atoms with Crippen LogP contribution in [0.2, 0.25) is 0 Å². The number of rotatable bonds is 3. The molecule has 0 aromatic heterocycles. The van der Waals surface area contributed by atoms with Crippen molar-refractivity contribution in [2.45, 2.75) is 38.3 Å². The van der Waals surface area contributed by atoms with Crippen molar-refractivity contribution < 1.29 is 9.53 Å². The third-order valence-electron chi connectivity index (χ3n) is 2.62. The Hall–Kier alpha value is -0.610. The van der Waals surface area contributed by atoms with Crippen molar-refractivity contribution in [1.82, 2.24) is 10.6 Å². The summed E-state index contributed by atoms with van der Waals surface area (Å²) in [4.78, 5) is 11.2. The van der Waals surface area contributed by atoms with Crippen molar-refractivity contribution in [3.05, 3.63) is 0 Å². The quantitative estimate of drug-likeness (QED) is 0.642. The summed E-state index contributed by atoms with van der Waals surface area (Å²) in [5.41, 5.74) is 0. The van der Waals surface area contributed by atoms with E-state index in [0.717, 1.165) is 25.9 Å². The first-order chi connectivity index (χ1) is 6.74. The van der Waals surface area contributed by atoms with Gasteiger partial charge in [0.25, 0.3) is 0 Å². The minimum Gasteiger partial charge on any atom is -0.468 e. The maximum absolute atomic E-state index is 11.2. The van der Waals surface area contributed by atoms with E-state index < -0.39 is 0 Å². The Morgan fingerprint density at radius 1 is 1.50 bits per heavy atom. The fraction of sp³-hybridized carbons (Fsp3) is 0.900. The lowest BCUT2D eigenvalue weighted by atomic mass is 10.1. The van der Waals surface area contributed by atoms with Crippen molar-refractivity contribution in [2.75, 3.05) is 20.2 Å². The topological polar surface area (TPSA) is 50.4 Å². The van der Waals surface area contributed by atoms with Crippen LogP contribution in [0.25, 0.3) is 0 Å². The van der Waals surface area contributed by atoms with E-state index in [-0.39, 0.29) is 12.0 Å². The molecule has 0 aromatic carbocycles. The smallest absolute Gasteiger partial charge is 0.322 e. The third kappa shape index (κ3) is 3.64. The van der Waals surface area contributed by atoms with Gasteiger partial charge in [0.1, 0.15) is 6.04 Å². The lowest BCUT2D eigenvalue weighted by Crippen LogP contribution is -2.42. The first-order valence-corrected chi connectivity index (χ1v) is 5.28. The molecule has 0 aromatic rings. The molecule has 0 amide bonds. The SMILES string of the molecule is COC(=O)[C@H](C)NC1CCCNCC1. The molecule has 1 aliphatic rings. The van der Waals surface area contributed by atoms with Gasteiger partial charge in [0.2, 0.25) is 0 Å². The highest BCUT2D eigenvalue weighted by Gasteiger charge is 2.18. The van der Waals surface area contributed by atoms with Crippen LogP contribution in [0.4, 0.5) is 0 Å². The second kappa shape index (κ2) is 5.98. The van der Waals surface area contributed by atoms with Crippen molar-refractivity contribution in [1.29, 1.82) is 0 Å². The zero-order chi connectivity index (χ0) is 10.4. The molecule has 1 fully saturated rings. The van der Waals surface area contributed by atoms with Crippen LogP contribution in [0.5, 0.6) is 0 Å². The lowest BCUT2D eigenvalue weighted by molar-refractivity contribution is -0.142. The van der Waals surface area contributed by atoms with Crippen LogP contribution < -0.4 is 10.6 Å². The van der Waals surface area contributed by atoms with E-state index in [4.69, 9.17) is 0 Å². The third-order valence-corrected chi connectivity index (χ3v) is 2.62. The second-order valence-electron chi connectivity index (χ2n) is 3.79. The summed E-state index contributed by atoms with van der Waals surface area (Å²) in [7, 11) is 1.43. The average Bonchev–Trinajstić information content (AvgIpc) is 2.45. The maximum atomic E-state index is 11.2. The van der Waals surface area contributed by atoms with E-state index in [1.165, 1.54) is 13.5 Å². The Balaban J connectivity index is 2.30. The Morgan fingerprint density at radius 3 is 3.00 bits per heavy atom. The Kier molecular flexibility index (Phi) is 4.90. The number of nitrogens with one attached hydrogen (secondary N) is 2. The zero-order valence-electron chi connectivity index (χ0n) is 9.01. The van der Waals surface area contributed by atoms with Gasteiger partial charge in [-0.25, -0.2) is 0 Å². The highest BCUT2D eigenvalue weighted by atomic mass is 16.5. The highest BCUT2D eigenvalue weighted by molar-refractivity contribution is 5.75. The number of carbonyl (C=O) groups is 1. The van der Waals surface area contributed by atoms with Crippen LogP contribution in [0, 0.1) is 0 Å². The molecule has 0 radical (unpaired) electrons. The van der Waals surface area contributed by atoms with Crippen LogP contribution in [-0.2, 0) is 9.53 Å². The summed E-state index contributed by atoms with van der Waals surface area (Å²) < 4.78 is 4.67. The minimum absolute atomic E-state index is 0.179. The first-order valence-electron chi connectivity index (χ1n) is 5.28. The number of ether oxygens (including phenoxy) is 1. The van der Waals surface area contributed by atoms with Crippen LogP contribution in [0.1, 0.15) is 26.2 Å². The van der Waals surface area contributed by atoms with E-state index in [9.17, 15) is 4.79 Å². The van der Waals surface area contributed by atoms with Crippen molar-refractivity contribution >= 4 is 5.97 Å². The lowest BCUT2D eigenvalue weighted by Gasteiger charge is -2.19. The van der Waals surface area contributed by atoms with Gasteiger partial charge in [-0.15, -0.1) is 0 Å². The number of hydrogen-bond donors (Lipinski definition) is 2. The normalized spacial score (nSPS) is 25.1. The van der Waals surface area contributed by atoms with Crippen molar-refractivity contribution in [3.8, 4) is 0 Å². The molecule has 1 aliphatic heterocycles. The minimum atomic E-state index is -0.192. The molecule has 4 heteroatoms. The first kappa shape index (κ1) is 11.5. The fourth-order valence-corrected chi connectivity index (χ4v) is 1.78. The predicted octanol–water partition coefficient (Wildman–Crippen LogP) is 0.280. The van der Waals surface area contributed by atoms with Crippen LogP contribution in [0.3, 0.4) is 0 Å². The number of carbonyl (C=O) groups excluding carboxylic acids is 1. The maximum Gasteiger partial charge on any atom is 0.322 e. The standard InChI is InChI=1S/C10H20N2O2/c1-8(10(13)14-2)12-9-4-3-6-11-7-5-9/h8-9,11-12H,3-7H2,1-2H3/t8-,9?/m0/s1. The largest absolute Gasteiger partial charge is 0.468 e. The monoisotopic (exact) mass is 200 g/mol. The molecule has 1 rings (SSSR count). The van der Waals surface area contributed by atoms with Crippen LogP contribution in [-0.4, -0.2) is 38.3 Å². The molecule has 14 heavy (non-hydrogen) atoms. The van der Waals surface area contributed by atoms with Crippen LogP contribution in [0.15, 0.2) is 0 Å². The zero-order valence-corrected chi connectivity index (χ0v) is 9.01. The molecule has 1 unspecified atom stereocenters. The van der Waals surface area contributed by atoms with Crippen molar-refractivity contribution in [3.63, 3.8) is 0 Å². The van der Waals surface area contributed by atoms with E-state index in [2.05, 4.69) is 15.4 Å². The Morgan fingerprint density at radius 2 is 2.29 bits per heavy atom. The van der Waals surface area contributed by atoms with Gasteiger partial charge in [0, 0.05) is 6.04 Å². The summed E-state index contributed by atoms with van der Waals surface area (Å²) >= 11 is 0. The summed E-state index contributed by atoms with van der Waals surface area (Å²) in [6.07, 6.45) is 3.39. The number of hydrogen-bond acceptors (Lipinski definition) is 4. The molecule has 82 valence electrons. The van der Waals surface area contributed by atoms with Gasteiger partial charge in [-0.1, -0.05) is 0 Å². The van der Waals surface area contributed by atoms with Gasteiger partial charge in [-0.3, -0.25) is 4.79 Å². The molecule has 0 spiro atoms. The fourth-order valence-electron chi connectivity index (χ4n) is 1.78. The van der Waals surface area contributed by atoms with E-state index >= 15 is 0 Å². The molecule has 1 saturated heterocycles. The number of methoxy groups -OCH3 is 1. The van der Waals surface area contributed by atoms with Crippen LogP contribution >= 0.6 is 0 Å². The van der Waals surface area contributed by atoms with Gasteiger partial charge < -0.3 is 15.4 Å². The summed E-state index contributed by atoms with van der Waals surface area (Å²) in [6, 6.07) is 0.252. The van der Waals surface area contributed by atoms with Gasteiger partial charge >= 0.3 is 5.97 Å². The highest BCUT2D eigenvalue weighted by Crippen LogP contribution is 2.06. The molecular weight excluding hydrogens is 180 g/mol. The Labute approximate surface area is 85.4 Å². The second-order valence-corrected chi connectivity index (χ2v) is 3.79. The average molecular weight is 200 g/mol. The summed E-state index contributed by atoms with van der Waals surface area (Å²) in [5, 5.41) is 6.63. The summed E-state index contributed by atoms with van der Waals surface area (Å²) in [6.45, 7) is 3.97.